The summed E-state index contributed by atoms with van der Waals surface area (Å²) in [6.45, 7) is 7.01. The van der Waals surface area contributed by atoms with Gasteiger partial charge in [-0.25, -0.2) is 0 Å². The summed E-state index contributed by atoms with van der Waals surface area (Å²) < 4.78 is 7.13. The van der Waals surface area contributed by atoms with Crippen LogP contribution in [-0.2, 0) is 10.3 Å². The van der Waals surface area contributed by atoms with Crippen LogP contribution >= 0.6 is 0 Å². The van der Waals surface area contributed by atoms with Crippen molar-refractivity contribution in [2.75, 3.05) is 5.32 Å². The van der Waals surface area contributed by atoms with E-state index in [2.05, 4.69) is 117 Å². The molecule has 0 saturated heterocycles. The van der Waals surface area contributed by atoms with Crippen molar-refractivity contribution in [3.8, 4) is 0 Å². The Bertz CT molecular complexity index is 1040. The van der Waals surface area contributed by atoms with Crippen LogP contribution in [0.2, 0.25) is 0 Å². The second-order valence-electron chi connectivity index (χ2n) is 9.49. The summed E-state index contributed by atoms with van der Waals surface area (Å²) in [7, 11) is 0. The van der Waals surface area contributed by atoms with E-state index in [1.807, 2.05) is 0 Å². The molecule has 31 heavy (non-hydrogen) atoms. The summed E-state index contributed by atoms with van der Waals surface area (Å²) in [4.78, 5) is 0. The number of rotatable bonds is 4. The molecule has 1 aliphatic heterocycles. The molecule has 2 aliphatic rings. The zero-order chi connectivity index (χ0) is 21.5. The molecule has 0 unspecified atom stereocenters. The van der Waals surface area contributed by atoms with Gasteiger partial charge in [0.2, 0.25) is 0 Å². The van der Waals surface area contributed by atoms with Gasteiger partial charge in [0.15, 0.2) is 0 Å². The molecular weight excluding hydrogens is 378 g/mol. The van der Waals surface area contributed by atoms with E-state index in [0.717, 1.165) is 18.5 Å². The van der Waals surface area contributed by atoms with Gasteiger partial charge in [-0.15, -0.1) is 0 Å². The average molecular weight is 410 g/mol. The largest absolute Gasteiger partial charge is 0.360 e. The number of ether oxygens (including phenoxy) is 1. The minimum atomic E-state index is -0.639. The van der Waals surface area contributed by atoms with Crippen LogP contribution in [0.25, 0.3) is 0 Å². The van der Waals surface area contributed by atoms with Crippen molar-refractivity contribution in [2.45, 2.75) is 45.4 Å². The number of allylic oxidation sites excluding steroid dienone is 2. The molecule has 1 N–H and O–H groups in total. The Morgan fingerprint density at radius 3 is 2.00 bits per heavy atom. The van der Waals surface area contributed by atoms with E-state index in [1.54, 1.807) is 0 Å². The maximum atomic E-state index is 7.13. The molecule has 0 bridgehead atoms. The Morgan fingerprint density at radius 2 is 1.42 bits per heavy atom. The normalized spacial score (nSPS) is 23.5. The van der Waals surface area contributed by atoms with Gasteiger partial charge >= 0.3 is 0 Å². The fourth-order valence-corrected chi connectivity index (χ4v) is 5.31. The van der Waals surface area contributed by atoms with Crippen LogP contribution in [0, 0.1) is 11.3 Å². The second kappa shape index (κ2) is 7.69. The van der Waals surface area contributed by atoms with Crippen LogP contribution in [-0.4, -0.2) is 6.23 Å². The van der Waals surface area contributed by atoms with E-state index in [9.17, 15) is 0 Å². The maximum Gasteiger partial charge on any atom is 0.148 e. The quantitative estimate of drug-likeness (QED) is 0.463. The zero-order valence-electron chi connectivity index (χ0n) is 18.6. The van der Waals surface area contributed by atoms with Crippen LogP contribution in [0.15, 0.2) is 96.6 Å². The van der Waals surface area contributed by atoms with Crippen molar-refractivity contribution < 1.29 is 4.74 Å². The smallest absolute Gasteiger partial charge is 0.148 e. The van der Waals surface area contributed by atoms with Gasteiger partial charge < -0.3 is 10.1 Å². The van der Waals surface area contributed by atoms with E-state index >= 15 is 0 Å². The first-order valence-electron chi connectivity index (χ1n) is 11.3. The fraction of sp³-hybridized carbons (Fsp3) is 0.310. The van der Waals surface area contributed by atoms with Crippen molar-refractivity contribution >= 4 is 5.69 Å². The van der Waals surface area contributed by atoms with Gasteiger partial charge in [-0.05, 0) is 48.3 Å². The lowest BCUT2D eigenvalue weighted by Crippen LogP contribution is -2.45. The molecule has 2 nitrogen and oxygen atoms in total. The summed E-state index contributed by atoms with van der Waals surface area (Å²) >= 11 is 0. The standard InChI is InChI=1S/C29H31NO/c1-21-18-19-24(28(21,2)3)20-27-30-26-17-11-10-16-25(26)29(31-27,22-12-6-4-7-13-22)23-14-8-5-9-15-23/h4-18,24,27,30H,19-20H2,1-3H3/t24-,27+/m0/s1. The number of para-hydroxylation sites is 1. The highest BCUT2D eigenvalue weighted by Gasteiger charge is 2.46. The summed E-state index contributed by atoms with van der Waals surface area (Å²) in [6, 6.07) is 29.9. The van der Waals surface area contributed by atoms with Gasteiger partial charge in [0.1, 0.15) is 11.8 Å². The third-order valence-corrected chi connectivity index (χ3v) is 7.55. The first kappa shape index (κ1) is 20.1. The van der Waals surface area contributed by atoms with Gasteiger partial charge in [0, 0.05) is 11.3 Å². The highest BCUT2D eigenvalue weighted by Crippen LogP contribution is 2.50. The van der Waals surface area contributed by atoms with Crippen LogP contribution in [0.1, 0.15) is 50.3 Å². The van der Waals surface area contributed by atoms with Gasteiger partial charge in [-0.1, -0.05) is 104 Å². The SMILES string of the molecule is CC1=CC[C@@H](C[C@@H]2Nc3ccccc3C(c3ccccc3)(c3ccccc3)O2)C1(C)C. The first-order valence-corrected chi connectivity index (χ1v) is 11.3. The number of hydrogen-bond acceptors (Lipinski definition) is 2. The molecule has 0 radical (unpaired) electrons. The van der Waals surface area contributed by atoms with Gasteiger partial charge in [-0.3, -0.25) is 0 Å². The fourth-order valence-electron chi connectivity index (χ4n) is 5.31. The van der Waals surface area contributed by atoms with Crippen LogP contribution in [0.5, 0.6) is 0 Å². The number of anilines is 1. The topological polar surface area (TPSA) is 21.3 Å². The molecule has 158 valence electrons. The van der Waals surface area contributed by atoms with Crippen LogP contribution < -0.4 is 5.32 Å². The van der Waals surface area contributed by atoms with E-state index in [4.69, 9.17) is 4.74 Å². The molecule has 0 amide bonds. The highest BCUT2D eigenvalue weighted by molar-refractivity contribution is 5.63. The maximum absolute atomic E-state index is 7.13. The summed E-state index contributed by atoms with van der Waals surface area (Å²) in [5.41, 5.74) is 5.71. The second-order valence-corrected chi connectivity index (χ2v) is 9.49. The monoisotopic (exact) mass is 409 g/mol. The van der Waals surface area contributed by atoms with Crippen LogP contribution in [0.3, 0.4) is 0 Å². The molecule has 0 spiro atoms. The molecule has 1 aliphatic carbocycles. The Kier molecular flexibility index (Phi) is 4.98. The number of benzene rings is 3. The van der Waals surface area contributed by atoms with Gasteiger partial charge in [0.25, 0.3) is 0 Å². The van der Waals surface area contributed by atoms with E-state index in [0.29, 0.717) is 5.92 Å². The predicted molar refractivity (Wildman–Crippen MR) is 128 cm³/mol. The average Bonchev–Trinajstić information content (AvgIpc) is 3.06. The highest BCUT2D eigenvalue weighted by atomic mass is 16.5. The Labute approximate surface area is 186 Å². The predicted octanol–water partition coefficient (Wildman–Crippen LogP) is 7.13. The Balaban J connectivity index is 1.63. The molecular formula is C29H31NO. The van der Waals surface area contributed by atoms with E-state index in [1.165, 1.54) is 22.3 Å². The molecule has 2 atom stereocenters. The van der Waals surface area contributed by atoms with E-state index < -0.39 is 5.60 Å². The summed E-state index contributed by atoms with van der Waals surface area (Å²) in [5, 5.41) is 3.73. The van der Waals surface area contributed by atoms with Crippen molar-refractivity contribution in [1.29, 1.82) is 0 Å². The lowest BCUT2D eigenvalue weighted by Gasteiger charge is -2.45. The van der Waals surface area contributed by atoms with Gasteiger partial charge in [0.05, 0.1) is 0 Å². The summed E-state index contributed by atoms with van der Waals surface area (Å²) in [6.07, 6.45) is 4.42. The van der Waals surface area contributed by atoms with Crippen molar-refractivity contribution in [3.05, 3.63) is 113 Å². The lowest BCUT2D eigenvalue weighted by molar-refractivity contribution is -0.0553. The first-order chi connectivity index (χ1) is 15.0. The molecule has 0 aromatic heterocycles. The Morgan fingerprint density at radius 1 is 0.839 bits per heavy atom. The van der Waals surface area contributed by atoms with Crippen molar-refractivity contribution in [3.63, 3.8) is 0 Å². The molecule has 3 aromatic rings. The van der Waals surface area contributed by atoms with Crippen LogP contribution in [0.4, 0.5) is 5.69 Å². The number of hydrogen-bond donors (Lipinski definition) is 1. The van der Waals surface area contributed by atoms with Gasteiger partial charge in [-0.2, -0.15) is 0 Å². The zero-order valence-corrected chi connectivity index (χ0v) is 18.6. The Hall–Kier alpha value is -2.84. The molecule has 1 heterocycles. The van der Waals surface area contributed by atoms with Crippen molar-refractivity contribution in [1.82, 2.24) is 0 Å². The minimum Gasteiger partial charge on any atom is -0.360 e. The minimum absolute atomic E-state index is 0.0705. The van der Waals surface area contributed by atoms with Crippen molar-refractivity contribution in [2.24, 2.45) is 11.3 Å². The molecule has 2 heteroatoms. The summed E-state index contributed by atoms with van der Waals surface area (Å²) in [5.74, 6) is 0.555. The molecule has 0 saturated carbocycles. The molecule has 5 rings (SSSR count). The third kappa shape index (κ3) is 3.30. The lowest BCUT2D eigenvalue weighted by atomic mass is 9.75. The number of fused-ring (bicyclic) bond motifs is 1. The van der Waals surface area contributed by atoms with E-state index in [-0.39, 0.29) is 11.6 Å². The number of nitrogens with one attached hydrogen (secondary N) is 1. The molecule has 0 fully saturated rings. The third-order valence-electron chi connectivity index (χ3n) is 7.55. The molecule has 3 aromatic carbocycles.